The van der Waals surface area contributed by atoms with Crippen LogP contribution in [0.4, 0.5) is 0 Å². The molecular weight excluding hydrogens is 248 g/mol. The minimum Gasteiger partial charge on any atom is -0.494 e. The summed E-state index contributed by atoms with van der Waals surface area (Å²) in [4.78, 5) is 4.19. The third-order valence-electron chi connectivity index (χ3n) is 3.97. The monoisotopic (exact) mass is 264 g/mol. The highest BCUT2D eigenvalue weighted by atomic mass is 35.5. The van der Waals surface area contributed by atoms with Gasteiger partial charge in [-0.3, -0.25) is 0 Å². The number of aromatic nitrogens is 1. The van der Waals surface area contributed by atoms with E-state index >= 15 is 0 Å². The Morgan fingerprint density at radius 3 is 3.17 bits per heavy atom. The zero-order valence-electron chi connectivity index (χ0n) is 10.4. The van der Waals surface area contributed by atoms with E-state index in [1.807, 2.05) is 12.3 Å². The normalized spacial score (nSPS) is 26.7. The summed E-state index contributed by atoms with van der Waals surface area (Å²) in [7, 11) is 1.62. The fourth-order valence-electron chi connectivity index (χ4n) is 2.93. The lowest BCUT2D eigenvalue weighted by Crippen LogP contribution is -2.27. The van der Waals surface area contributed by atoms with Crippen LogP contribution in [0.2, 0.25) is 5.15 Å². The van der Waals surface area contributed by atoms with Gasteiger partial charge in [0, 0.05) is 12.2 Å². The Bertz CT molecular complexity index is 487. The zero-order chi connectivity index (χ0) is 12.5. The van der Waals surface area contributed by atoms with Crippen LogP contribution in [0, 0.1) is 5.92 Å². The van der Waals surface area contributed by atoms with Gasteiger partial charge in [-0.05, 0) is 48.9 Å². The van der Waals surface area contributed by atoms with Gasteiger partial charge < -0.3 is 10.1 Å². The molecule has 2 heterocycles. The van der Waals surface area contributed by atoms with Crippen LogP contribution in [0.15, 0.2) is 18.3 Å². The zero-order valence-corrected chi connectivity index (χ0v) is 11.2. The largest absolute Gasteiger partial charge is 0.494 e. The smallest absolute Gasteiger partial charge is 0.171 e. The molecule has 0 saturated carbocycles. The van der Waals surface area contributed by atoms with Crippen LogP contribution in [0.5, 0.6) is 5.75 Å². The third-order valence-corrected chi connectivity index (χ3v) is 4.25. The molecule has 0 bridgehead atoms. The van der Waals surface area contributed by atoms with Gasteiger partial charge >= 0.3 is 0 Å². The Morgan fingerprint density at radius 1 is 1.44 bits per heavy atom. The summed E-state index contributed by atoms with van der Waals surface area (Å²) in [6, 6.07) is 2.52. The summed E-state index contributed by atoms with van der Waals surface area (Å²) in [6.07, 6.45) is 7.87. The molecule has 1 aliphatic heterocycles. The maximum atomic E-state index is 5.96. The molecule has 1 aromatic heterocycles. The molecule has 0 radical (unpaired) electrons. The summed E-state index contributed by atoms with van der Waals surface area (Å²) in [5, 5.41) is 3.97. The highest BCUT2D eigenvalue weighted by Crippen LogP contribution is 2.35. The van der Waals surface area contributed by atoms with Crippen molar-refractivity contribution in [2.75, 3.05) is 13.7 Å². The second kappa shape index (κ2) is 4.90. The second-order valence-electron chi connectivity index (χ2n) is 4.98. The molecule has 0 spiro atoms. The average Bonchev–Trinajstić information content (AvgIpc) is 2.86. The highest BCUT2D eigenvalue weighted by molar-refractivity contribution is 6.30. The topological polar surface area (TPSA) is 34.1 Å². The van der Waals surface area contributed by atoms with Crippen LogP contribution in [0.3, 0.4) is 0 Å². The van der Waals surface area contributed by atoms with Gasteiger partial charge in [0.1, 0.15) is 0 Å². The van der Waals surface area contributed by atoms with E-state index < -0.39 is 0 Å². The number of ether oxygens (including phenoxy) is 1. The molecule has 1 aromatic rings. The molecule has 3 nitrogen and oxygen atoms in total. The van der Waals surface area contributed by atoms with Gasteiger partial charge in [-0.1, -0.05) is 17.7 Å². The Morgan fingerprint density at radius 2 is 2.33 bits per heavy atom. The van der Waals surface area contributed by atoms with Crippen molar-refractivity contribution in [3.8, 4) is 5.75 Å². The van der Waals surface area contributed by atoms with Crippen molar-refractivity contribution in [1.82, 2.24) is 10.3 Å². The molecule has 4 heteroatoms. The Labute approximate surface area is 112 Å². The maximum absolute atomic E-state index is 5.96. The molecule has 0 amide bonds. The molecular formula is C14H17ClN2O. The van der Waals surface area contributed by atoms with E-state index in [0.717, 1.165) is 24.4 Å². The van der Waals surface area contributed by atoms with E-state index in [4.69, 9.17) is 16.3 Å². The summed E-state index contributed by atoms with van der Waals surface area (Å²) >= 11 is 5.96. The van der Waals surface area contributed by atoms with Crippen molar-refractivity contribution in [3.05, 3.63) is 29.1 Å². The first kappa shape index (κ1) is 12.0. The molecule has 96 valence electrons. The van der Waals surface area contributed by atoms with Crippen molar-refractivity contribution in [3.63, 3.8) is 0 Å². The number of pyridine rings is 1. The maximum Gasteiger partial charge on any atom is 0.171 e. The van der Waals surface area contributed by atoms with Crippen molar-refractivity contribution in [2.45, 2.75) is 25.3 Å². The summed E-state index contributed by atoms with van der Waals surface area (Å²) in [6.45, 7) is 1.14. The number of fused-ring (bicyclic) bond motifs is 1. The van der Waals surface area contributed by atoms with Gasteiger partial charge in [0.15, 0.2) is 10.9 Å². The summed E-state index contributed by atoms with van der Waals surface area (Å²) in [5.74, 6) is 1.47. The molecule has 0 aromatic carbocycles. The molecule has 2 atom stereocenters. The number of halogens is 1. The van der Waals surface area contributed by atoms with Gasteiger partial charge in [-0.25, -0.2) is 4.98 Å². The summed E-state index contributed by atoms with van der Waals surface area (Å²) < 4.78 is 5.23. The van der Waals surface area contributed by atoms with Crippen LogP contribution >= 0.6 is 11.6 Å². The molecule has 1 saturated heterocycles. The third kappa shape index (κ3) is 2.13. The van der Waals surface area contributed by atoms with Crippen LogP contribution < -0.4 is 10.1 Å². The van der Waals surface area contributed by atoms with Crippen LogP contribution in [0.25, 0.3) is 5.57 Å². The second-order valence-corrected chi connectivity index (χ2v) is 5.33. The Balaban J connectivity index is 1.90. The minimum atomic E-state index is 0.425. The molecule has 2 aliphatic rings. The molecule has 3 rings (SSSR count). The number of methoxy groups -OCH3 is 1. The van der Waals surface area contributed by atoms with E-state index in [-0.39, 0.29) is 0 Å². The average molecular weight is 265 g/mol. The van der Waals surface area contributed by atoms with Crippen molar-refractivity contribution >= 4 is 17.2 Å². The van der Waals surface area contributed by atoms with Crippen molar-refractivity contribution < 1.29 is 4.74 Å². The van der Waals surface area contributed by atoms with Gasteiger partial charge in [0.2, 0.25) is 0 Å². The number of nitrogens with one attached hydrogen (secondary N) is 1. The molecule has 0 unspecified atom stereocenters. The fraction of sp³-hybridized carbons (Fsp3) is 0.500. The molecule has 18 heavy (non-hydrogen) atoms. The Kier molecular flexibility index (Phi) is 3.27. The van der Waals surface area contributed by atoms with Crippen LogP contribution in [0.1, 0.15) is 24.8 Å². The van der Waals surface area contributed by atoms with Crippen LogP contribution in [-0.4, -0.2) is 24.7 Å². The first-order valence-electron chi connectivity index (χ1n) is 6.42. The van der Waals surface area contributed by atoms with E-state index in [1.165, 1.54) is 18.4 Å². The molecule has 1 N–H and O–H groups in total. The van der Waals surface area contributed by atoms with E-state index in [1.54, 1.807) is 7.11 Å². The van der Waals surface area contributed by atoms with E-state index in [0.29, 0.717) is 16.9 Å². The quantitative estimate of drug-likeness (QED) is 0.834. The Hall–Kier alpha value is -1.06. The number of rotatable bonds is 2. The van der Waals surface area contributed by atoms with Gasteiger partial charge in [-0.15, -0.1) is 0 Å². The molecule has 1 fully saturated rings. The number of allylic oxidation sites excluding steroid dienone is 1. The predicted octanol–water partition coefficient (Wildman–Crippen LogP) is 2.90. The van der Waals surface area contributed by atoms with Gasteiger partial charge in [0.05, 0.1) is 7.11 Å². The van der Waals surface area contributed by atoms with Crippen molar-refractivity contribution in [2.24, 2.45) is 5.92 Å². The van der Waals surface area contributed by atoms with Crippen molar-refractivity contribution in [1.29, 1.82) is 0 Å². The first-order valence-corrected chi connectivity index (χ1v) is 6.79. The number of hydrogen-bond acceptors (Lipinski definition) is 3. The lowest BCUT2D eigenvalue weighted by atomic mass is 9.84. The SMILES string of the molecule is COc1cc(C2=C[C@@H]3NCC[C@@H]3CC2)cnc1Cl. The standard InChI is InChI=1S/C14H17ClN2O/c1-18-13-7-11(8-17-14(13)15)10-3-2-9-4-5-16-12(9)6-10/h6-9,12,16H,2-5H2,1H3/t9-,12-/m0/s1. The van der Waals surface area contributed by atoms with Gasteiger partial charge in [0.25, 0.3) is 0 Å². The predicted molar refractivity (Wildman–Crippen MR) is 72.9 cm³/mol. The van der Waals surface area contributed by atoms with Crippen LogP contribution in [-0.2, 0) is 0 Å². The molecule has 1 aliphatic carbocycles. The lowest BCUT2D eigenvalue weighted by molar-refractivity contribution is 0.413. The fourth-order valence-corrected chi connectivity index (χ4v) is 3.11. The summed E-state index contributed by atoms with van der Waals surface area (Å²) in [5.41, 5.74) is 2.48. The number of nitrogens with zero attached hydrogens (tertiary/aromatic N) is 1. The van der Waals surface area contributed by atoms with E-state index in [9.17, 15) is 0 Å². The minimum absolute atomic E-state index is 0.425. The first-order chi connectivity index (χ1) is 8.78. The number of hydrogen-bond donors (Lipinski definition) is 1. The van der Waals surface area contributed by atoms with E-state index in [2.05, 4.69) is 16.4 Å². The van der Waals surface area contributed by atoms with Gasteiger partial charge in [-0.2, -0.15) is 0 Å². The lowest BCUT2D eigenvalue weighted by Gasteiger charge is -2.24. The highest BCUT2D eigenvalue weighted by Gasteiger charge is 2.29.